The lowest BCUT2D eigenvalue weighted by molar-refractivity contribution is 0.669. The van der Waals surface area contributed by atoms with Gasteiger partial charge in [0.2, 0.25) is 0 Å². The van der Waals surface area contributed by atoms with Gasteiger partial charge in [0.15, 0.2) is 17.5 Å². The average molecular weight is 1330 g/mol. The van der Waals surface area contributed by atoms with Crippen LogP contribution in [0.15, 0.2) is 331 Å². The van der Waals surface area contributed by atoms with E-state index in [-0.39, 0.29) is 0 Å². The maximum Gasteiger partial charge on any atom is 0.164 e. The highest BCUT2D eigenvalue weighted by Crippen LogP contribution is 2.46. The fourth-order valence-electron chi connectivity index (χ4n) is 15.5. The Bertz CT molecular complexity index is 6900. The molecule has 0 saturated heterocycles. The number of aryl methyl sites for hydroxylation is 2. The first-order chi connectivity index (χ1) is 51.3. The number of fused-ring (bicyclic) bond motifs is 12. The van der Waals surface area contributed by atoms with Crippen LogP contribution in [0.25, 0.3) is 211 Å². The summed E-state index contributed by atoms with van der Waals surface area (Å²) in [7, 11) is 0. The van der Waals surface area contributed by atoms with Crippen molar-refractivity contribution in [2.24, 2.45) is 0 Å². The van der Waals surface area contributed by atoms with E-state index in [2.05, 4.69) is 269 Å². The summed E-state index contributed by atoms with van der Waals surface area (Å²) in [6, 6.07) is 109. The van der Waals surface area contributed by atoms with E-state index in [0.717, 1.165) is 205 Å². The SMILES string of the molecule is Cc1cc(-c2ccccc2)c2ccc3c(-c4cccc(-c5cccc(-c6ccnc7c6ccc6c(-c8cccc(-c9ccc(-c%10cccc(-c%11nc(-c%12ccccc%12)nc(-c%12cccc(-c%13cccc%14c%13oc%13ccccc%13%14)c%12)n%11)c%10)c%10oc%11ccccc%11c9%10)c8)ccnc67)c5)c4)cc(C)nc3c2n1. The number of para-hydroxylation sites is 3. The van der Waals surface area contributed by atoms with Crippen molar-refractivity contribution >= 4 is 87.5 Å². The Kier molecular flexibility index (Phi) is 14.1. The quantitative estimate of drug-likeness (QED) is 0.117. The number of nitrogens with zero attached hydrogens (tertiary/aromatic N) is 7. The van der Waals surface area contributed by atoms with Crippen LogP contribution < -0.4 is 0 Å². The van der Waals surface area contributed by atoms with Crippen LogP contribution in [-0.2, 0) is 0 Å². The minimum absolute atomic E-state index is 0.554. The summed E-state index contributed by atoms with van der Waals surface area (Å²) >= 11 is 0. The van der Waals surface area contributed by atoms with Gasteiger partial charge in [-0.2, -0.15) is 0 Å². The molecule has 7 aromatic heterocycles. The third-order valence-corrected chi connectivity index (χ3v) is 20.3. The normalized spacial score (nSPS) is 11.8. The average Bonchev–Trinajstić information content (AvgIpc) is 1.39. The molecule has 0 unspecified atom stereocenters. The van der Waals surface area contributed by atoms with Gasteiger partial charge in [-0.3, -0.25) is 19.9 Å². The lowest BCUT2D eigenvalue weighted by Gasteiger charge is -2.14. The van der Waals surface area contributed by atoms with Crippen molar-refractivity contribution in [1.82, 2.24) is 34.9 Å². The monoisotopic (exact) mass is 1330 g/mol. The van der Waals surface area contributed by atoms with E-state index in [4.69, 9.17) is 43.7 Å². The van der Waals surface area contributed by atoms with Crippen LogP contribution in [-0.4, -0.2) is 34.9 Å². The minimum atomic E-state index is 0.554. The molecule has 0 aliphatic heterocycles. The van der Waals surface area contributed by atoms with Gasteiger partial charge < -0.3 is 8.83 Å². The second-order valence-corrected chi connectivity index (χ2v) is 26.7. The number of hydrogen-bond acceptors (Lipinski definition) is 9. The predicted molar refractivity (Wildman–Crippen MR) is 425 cm³/mol. The van der Waals surface area contributed by atoms with Crippen molar-refractivity contribution in [2.45, 2.75) is 13.8 Å². The highest BCUT2D eigenvalue weighted by atomic mass is 16.3. The summed E-state index contributed by atoms with van der Waals surface area (Å²) in [4.78, 5) is 36.0. The molecule has 13 aromatic carbocycles. The maximum absolute atomic E-state index is 6.97. The third-order valence-electron chi connectivity index (χ3n) is 20.3. The largest absolute Gasteiger partial charge is 0.455 e. The van der Waals surface area contributed by atoms with Gasteiger partial charge >= 0.3 is 0 Å². The number of furan rings is 2. The van der Waals surface area contributed by atoms with Crippen LogP contribution in [0.4, 0.5) is 0 Å². The molecule has 0 atom stereocenters. The topological polar surface area (TPSA) is 117 Å². The van der Waals surface area contributed by atoms with E-state index in [9.17, 15) is 0 Å². The van der Waals surface area contributed by atoms with Crippen molar-refractivity contribution in [2.75, 3.05) is 0 Å². The summed E-state index contributed by atoms with van der Waals surface area (Å²) in [6.07, 6.45) is 3.83. The van der Waals surface area contributed by atoms with Crippen molar-refractivity contribution in [1.29, 1.82) is 0 Å². The minimum Gasteiger partial charge on any atom is -0.455 e. The molecule has 104 heavy (non-hydrogen) atoms. The van der Waals surface area contributed by atoms with Gasteiger partial charge in [-0.05, 0) is 165 Å². The molecule has 9 heteroatoms. The standard InChI is InChI=1S/C95H59N7O2/c1-56-49-82(58-19-5-3-6-20-58)78-43-44-79-83(50-57(2)99-90(79)89(78)98-56)67-30-14-24-61(52-67)60-23-13-25-62(51-60)70-45-47-96-87-76(70)41-42-77-71(46-48-97-88(77)87)63-26-15-27-64(53-63)72-39-40-74(92-86(72)81-34-10-12-38-85(81)104-92)66-29-17-32-69(55-66)95-101-93(59-21-7-4-8-22-59)100-94(102-95)68-31-16-28-65(54-68)73-35-18-36-80-75-33-9-11-37-84(75)103-91(73)80/h3-55H,1-2H3. The zero-order valence-electron chi connectivity index (χ0n) is 56.5. The van der Waals surface area contributed by atoms with Gasteiger partial charge in [-0.1, -0.05) is 237 Å². The molecule has 0 amide bonds. The van der Waals surface area contributed by atoms with Crippen molar-refractivity contribution in [3.63, 3.8) is 0 Å². The molecular weight excluding hydrogens is 1270 g/mol. The molecule has 7 heterocycles. The van der Waals surface area contributed by atoms with Gasteiger partial charge in [-0.25, -0.2) is 15.0 Å². The van der Waals surface area contributed by atoms with E-state index < -0.39 is 0 Å². The van der Waals surface area contributed by atoms with Gasteiger partial charge in [0, 0.05) is 94.7 Å². The fraction of sp³-hybridized carbons (Fsp3) is 0.0211. The summed E-state index contributed by atoms with van der Waals surface area (Å²) < 4.78 is 13.5. The Balaban J connectivity index is 0.630. The first kappa shape index (κ1) is 60.1. The Morgan fingerprint density at radius 1 is 0.212 bits per heavy atom. The molecule has 0 radical (unpaired) electrons. The summed E-state index contributed by atoms with van der Waals surface area (Å²) in [5.41, 5.74) is 28.4. The molecule has 9 nitrogen and oxygen atoms in total. The Morgan fingerprint density at radius 3 is 1.14 bits per heavy atom. The zero-order valence-corrected chi connectivity index (χ0v) is 56.5. The fourth-order valence-corrected chi connectivity index (χ4v) is 15.5. The Hall–Kier alpha value is -13.9. The molecule has 0 N–H and O–H groups in total. The predicted octanol–water partition coefficient (Wildman–Crippen LogP) is 24.8. The molecule has 0 aliphatic rings. The van der Waals surface area contributed by atoms with Crippen LogP contribution in [0.5, 0.6) is 0 Å². The van der Waals surface area contributed by atoms with Crippen LogP contribution in [0, 0.1) is 13.8 Å². The Labute approximate surface area is 597 Å². The molecule has 0 saturated carbocycles. The number of rotatable bonds is 11. The van der Waals surface area contributed by atoms with Crippen LogP contribution in [0.2, 0.25) is 0 Å². The smallest absolute Gasteiger partial charge is 0.164 e. The van der Waals surface area contributed by atoms with Crippen molar-refractivity contribution in [3.05, 3.63) is 333 Å². The van der Waals surface area contributed by atoms with Gasteiger partial charge in [0.25, 0.3) is 0 Å². The van der Waals surface area contributed by atoms with E-state index in [1.165, 1.54) is 0 Å². The lowest BCUT2D eigenvalue weighted by Crippen LogP contribution is -2.00. The van der Waals surface area contributed by atoms with Crippen molar-refractivity contribution in [3.8, 4) is 123 Å². The molecule has 0 aliphatic carbocycles. The van der Waals surface area contributed by atoms with E-state index in [1.807, 2.05) is 67.0 Å². The number of pyridine rings is 4. The molecular formula is C95H59N7O2. The lowest BCUT2D eigenvalue weighted by atomic mass is 9.91. The zero-order chi connectivity index (χ0) is 68.9. The number of benzene rings is 13. The van der Waals surface area contributed by atoms with Crippen LogP contribution >= 0.6 is 0 Å². The second kappa shape index (κ2) is 24.5. The maximum atomic E-state index is 6.97. The highest BCUT2D eigenvalue weighted by molar-refractivity contribution is 6.18. The number of hydrogen-bond donors (Lipinski definition) is 0. The number of aromatic nitrogens is 7. The van der Waals surface area contributed by atoms with E-state index in [1.54, 1.807) is 0 Å². The summed E-state index contributed by atoms with van der Waals surface area (Å²) in [5.74, 6) is 1.69. The first-order valence-corrected chi connectivity index (χ1v) is 35.0. The van der Waals surface area contributed by atoms with Crippen molar-refractivity contribution < 1.29 is 8.83 Å². The van der Waals surface area contributed by atoms with E-state index in [0.29, 0.717) is 17.5 Å². The molecule has 20 rings (SSSR count). The third kappa shape index (κ3) is 10.3. The van der Waals surface area contributed by atoms with Gasteiger partial charge in [0.05, 0.1) is 22.1 Å². The molecule has 20 aromatic rings. The first-order valence-electron chi connectivity index (χ1n) is 35.0. The van der Waals surface area contributed by atoms with Gasteiger partial charge in [-0.15, -0.1) is 0 Å². The van der Waals surface area contributed by atoms with Crippen LogP contribution in [0.1, 0.15) is 11.4 Å². The molecule has 0 spiro atoms. The highest BCUT2D eigenvalue weighted by Gasteiger charge is 2.23. The van der Waals surface area contributed by atoms with Crippen LogP contribution in [0.3, 0.4) is 0 Å². The van der Waals surface area contributed by atoms with E-state index >= 15 is 0 Å². The summed E-state index contributed by atoms with van der Waals surface area (Å²) in [6.45, 7) is 4.14. The molecule has 486 valence electrons. The second-order valence-electron chi connectivity index (χ2n) is 26.7. The van der Waals surface area contributed by atoms with Gasteiger partial charge in [0.1, 0.15) is 22.3 Å². The summed E-state index contributed by atoms with van der Waals surface area (Å²) in [5, 5.41) is 8.43. The molecule has 0 bridgehead atoms. The molecule has 0 fully saturated rings. The Morgan fingerprint density at radius 2 is 0.577 bits per heavy atom.